The number of amides is 1. The zero-order valence-electron chi connectivity index (χ0n) is 18.3. The Hall–Kier alpha value is -3.39. The lowest BCUT2D eigenvalue weighted by molar-refractivity contribution is 0.0739. The molecule has 0 unspecified atom stereocenters. The van der Waals surface area contributed by atoms with Crippen LogP contribution >= 0.6 is 11.6 Å². The van der Waals surface area contributed by atoms with E-state index < -0.39 is 11.5 Å². The molecule has 0 saturated carbocycles. The van der Waals surface area contributed by atoms with Crippen LogP contribution in [0.2, 0.25) is 5.02 Å². The van der Waals surface area contributed by atoms with E-state index in [0.29, 0.717) is 31.2 Å². The van der Waals surface area contributed by atoms with Crippen molar-refractivity contribution in [1.29, 1.82) is 0 Å². The Morgan fingerprint density at radius 2 is 1.78 bits per heavy atom. The largest absolute Gasteiger partial charge is 0.368 e. The number of benzene rings is 2. The van der Waals surface area contributed by atoms with E-state index in [1.165, 1.54) is 5.56 Å². The Morgan fingerprint density at radius 3 is 2.44 bits per heavy atom. The van der Waals surface area contributed by atoms with Crippen molar-refractivity contribution in [2.75, 3.05) is 31.1 Å². The number of anilines is 1. The van der Waals surface area contributed by atoms with Crippen LogP contribution in [0.5, 0.6) is 0 Å². The predicted octanol–water partition coefficient (Wildman–Crippen LogP) is 2.99. The van der Waals surface area contributed by atoms with Gasteiger partial charge in [-0.3, -0.25) is 9.59 Å². The van der Waals surface area contributed by atoms with Gasteiger partial charge in [0.1, 0.15) is 0 Å². The maximum Gasteiger partial charge on any atom is 0.320 e. The van der Waals surface area contributed by atoms with Crippen molar-refractivity contribution in [3.05, 3.63) is 79.7 Å². The number of aromatic amines is 1. The zero-order valence-corrected chi connectivity index (χ0v) is 19.1. The predicted molar refractivity (Wildman–Crippen MR) is 126 cm³/mol. The van der Waals surface area contributed by atoms with Crippen LogP contribution in [-0.4, -0.2) is 58.3 Å². The third-order valence-corrected chi connectivity index (χ3v) is 5.87. The van der Waals surface area contributed by atoms with Gasteiger partial charge in [-0.05, 0) is 50.1 Å². The molecule has 4 rings (SSSR count). The van der Waals surface area contributed by atoms with Crippen molar-refractivity contribution in [2.24, 2.45) is 5.10 Å². The van der Waals surface area contributed by atoms with Crippen molar-refractivity contribution in [2.45, 2.75) is 20.8 Å². The van der Waals surface area contributed by atoms with Crippen molar-refractivity contribution in [3.8, 4) is 0 Å². The fourth-order valence-corrected chi connectivity index (χ4v) is 4.19. The monoisotopic (exact) mass is 452 g/mol. The van der Waals surface area contributed by atoms with Crippen molar-refractivity contribution in [1.82, 2.24) is 20.0 Å². The van der Waals surface area contributed by atoms with Crippen molar-refractivity contribution >= 4 is 29.4 Å². The Labute approximate surface area is 191 Å². The number of carbonyl (C=O) groups excluding carboxylic acids is 1. The lowest BCUT2D eigenvalue weighted by atomic mass is 10.0. The molecule has 0 atom stereocenters. The minimum Gasteiger partial charge on any atom is -0.368 e. The average Bonchev–Trinajstić information content (AvgIpc) is 3.13. The van der Waals surface area contributed by atoms with E-state index in [0.717, 1.165) is 27.2 Å². The molecule has 1 amide bonds. The van der Waals surface area contributed by atoms with E-state index in [9.17, 15) is 9.59 Å². The highest BCUT2D eigenvalue weighted by Gasteiger charge is 2.26. The summed E-state index contributed by atoms with van der Waals surface area (Å²) in [6.07, 6.45) is 1.61. The lowest BCUT2D eigenvalue weighted by Crippen LogP contribution is -2.49. The maximum absolute atomic E-state index is 12.9. The van der Waals surface area contributed by atoms with Gasteiger partial charge in [-0.25, -0.2) is 0 Å². The second-order valence-corrected chi connectivity index (χ2v) is 8.43. The van der Waals surface area contributed by atoms with Gasteiger partial charge in [0.25, 0.3) is 5.91 Å². The average molecular weight is 453 g/mol. The highest BCUT2D eigenvalue weighted by molar-refractivity contribution is 6.30. The van der Waals surface area contributed by atoms with E-state index in [1.807, 2.05) is 45.0 Å². The quantitative estimate of drug-likeness (QED) is 0.616. The number of hydrogen-bond donors (Lipinski definition) is 1. The summed E-state index contributed by atoms with van der Waals surface area (Å²) in [4.78, 5) is 30.4. The summed E-state index contributed by atoms with van der Waals surface area (Å²) in [5, 5.41) is 11.4. The third kappa shape index (κ3) is 4.45. The van der Waals surface area contributed by atoms with Crippen LogP contribution in [0.1, 0.15) is 32.7 Å². The molecule has 32 heavy (non-hydrogen) atoms. The van der Waals surface area contributed by atoms with Gasteiger partial charge >= 0.3 is 5.56 Å². The zero-order chi connectivity index (χ0) is 22.8. The molecule has 0 radical (unpaired) electrons. The Bertz CT molecular complexity index is 1210. The van der Waals surface area contributed by atoms with Gasteiger partial charge in [0, 0.05) is 42.5 Å². The normalized spacial score (nSPS) is 14.4. The van der Waals surface area contributed by atoms with E-state index in [2.05, 4.69) is 32.4 Å². The van der Waals surface area contributed by atoms with Crippen molar-refractivity contribution in [3.63, 3.8) is 0 Å². The summed E-state index contributed by atoms with van der Waals surface area (Å²) in [6, 6.07) is 11.7. The number of nitrogens with zero attached hydrogens (tertiary/aromatic N) is 5. The molecular formula is C23H25ClN6O2. The number of piperazine rings is 1. The SMILES string of the molecule is Cc1cc(C)c(C=Nn2[nH]nc(C(=O)N3CCN(c4cccc(Cl)c4)CC3)c2=O)c(C)c1. The highest BCUT2D eigenvalue weighted by atomic mass is 35.5. The molecule has 8 nitrogen and oxygen atoms in total. The number of hydrogen-bond acceptors (Lipinski definition) is 5. The van der Waals surface area contributed by atoms with Gasteiger partial charge in [-0.15, -0.1) is 9.89 Å². The number of carbonyl (C=O) groups is 1. The number of rotatable bonds is 4. The number of aryl methyl sites for hydroxylation is 3. The smallest absolute Gasteiger partial charge is 0.320 e. The molecule has 0 aliphatic carbocycles. The van der Waals surface area contributed by atoms with E-state index in [-0.39, 0.29) is 5.69 Å². The van der Waals surface area contributed by atoms with Gasteiger partial charge in [-0.1, -0.05) is 35.4 Å². The first kappa shape index (κ1) is 21.8. The second kappa shape index (κ2) is 9.00. The number of aromatic nitrogens is 3. The molecule has 2 aromatic carbocycles. The molecule has 1 N–H and O–H groups in total. The molecule has 9 heteroatoms. The molecule has 2 heterocycles. The molecular weight excluding hydrogens is 428 g/mol. The third-order valence-electron chi connectivity index (χ3n) is 5.63. The Balaban J connectivity index is 1.46. The van der Waals surface area contributed by atoms with Crippen LogP contribution in [0, 0.1) is 20.8 Å². The standard InChI is InChI=1S/C23H25ClN6O2/c1-15-11-16(2)20(17(3)12-15)14-25-30-23(32)21(26-27-30)22(31)29-9-7-28(8-10-29)19-6-4-5-18(24)13-19/h4-6,11-14,27H,7-10H2,1-3H3. The van der Waals surface area contributed by atoms with E-state index in [1.54, 1.807) is 11.1 Å². The molecule has 0 spiro atoms. The topological polar surface area (TPSA) is 86.6 Å². The first-order valence-electron chi connectivity index (χ1n) is 10.4. The molecule has 3 aromatic rings. The Morgan fingerprint density at radius 1 is 1.09 bits per heavy atom. The van der Waals surface area contributed by atoms with E-state index >= 15 is 0 Å². The van der Waals surface area contributed by atoms with Gasteiger partial charge in [-0.2, -0.15) is 10.3 Å². The maximum atomic E-state index is 12.9. The fourth-order valence-electron chi connectivity index (χ4n) is 4.01. The Kier molecular flexibility index (Phi) is 6.14. The number of H-pyrrole nitrogens is 1. The molecule has 166 valence electrons. The summed E-state index contributed by atoms with van der Waals surface area (Å²) in [5.74, 6) is -0.395. The van der Waals surface area contributed by atoms with Crippen LogP contribution in [-0.2, 0) is 0 Å². The second-order valence-electron chi connectivity index (χ2n) is 7.99. The van der Waals surface area contributed by atoms with Crippen LogP contribution in [0.25, 0.3) is 0 Å². The minimum absolute atomic E-state index is 0.157. The fraction of sp³-hybridized carbons (Fsp3) is 0.304. The summed E-state index contributed by atoms with van der Waals surface area (Å²) < 4.78 is 0. The molecule has 1 saturated heterocycles. The number of nitrogens with one attached hydrogen (secondary N) is 1. The first-order chi connectivity index (χ1) is 15.3. The summed E-state index contributed by atoms with van der Waals surface area (Å²) in [6.45, 7) is 8.30. The highest BCUT2D eigenvalue weighted by Crippen LogP contribution is 2.21. The van der Waals surface area contributed by atoms with Crippen LogP contribution in [0.15, 0.2) is 46.3 Å². The van der Waals surface area contributed by atoms with Gasteiger partial charge in [0.15, 0.2) is 0 Å². The molecule has 1 aliphatic heterocycles. The van der Waals surface area contributed by atoms with Gasteiger partial charge in [0.2, 0.25) is 5.69 Å². The minimum atomic E-state index is -0.564. The number of halogens is 1. The summed E-state index contributed by atoms with van der Waals surface area (Å²) >= 11 is 6.08. The molecule has 0 bridgehead atoms. The molecule has 1 aliphatic rings. The van der Waals surface area contributed by atoms with Crippen LogP contribution < -0.4 is 10.5 Å². The molecule has 1 fully saturated rings. The van der Waals surface area contributed by atoms with Crippen LogP contribution in [0.3, 0.4) is 0 Å². The first-order valence-corrected chi connectivity index (χ1v) is 10.8. The van der Waals surface area contributed by atoms with Crippen molar-refractivity contribution < 1.29 is 4.79 Å². The van der Waals surface area contributed by atoms with E-state index in [4.69, 9.17) is 11.6 Å². The summed E-state index contributed by atoms with van der Waals surface area (Å²) in [7, 11) is 0. The van der Waals surface area contributed by atoms with Crippen LogP contribution in [0.4, 0.5) is 5.69 Å². The summed E-state index contributed by atoms with van der Waals surface area (Å²) in [5.41, 5.74) is 4.52. The lowest BCUT2D eigenvalue weighted by Gasteiger charge is -2.35. The molecule has 1 aromatic heterocycles. The van der Waals surface area contributed by atoms with Gasteiger partial charge < -0.3 is 9.80 Å². The van der Waals surface area contributed by atoms with Gasteiger partial charge in [0.05, 0.1) is 6.21 Å².